The van der Waals surface area contributed by atoms with Gasteiger partial charge in [0.1, 0.15) is 5.83 Å². The number of halogens is 2. The summed E-state index contributed by atoms with van der Waals surface area (Å²) in [6.45, 7) is 3.86. The van der Waals surface area contributed by atoms with Gasteiger partial charge in [0.05, 0.1) is 6.10 Å². The average Bonchev–Trinajstić information content (AvgIpc) is 2.61. The van der Waals surface area contributed by atoms with E-state index in [2.05, 4.69) is 6.92 Å². The third-order valence-corrected chi connectivity index (χ3v) is 5.28. The minimum Gasteiger partial charge on any atom is -0.389 e. The Hall–Kier alpha value is -1.22. The second-order valence-electron chi connectivity index (χ2n) is 7.17. The molecule has 0 heterocycles. The van der Waals surface area contributed by atoms with Crippen LogP contribution in [0, 0.1) is 11.8 Å². The zero-order valence-electron chi connectivity index (χ0n) is 14.9. The molecule has 0 aliphatic heterocycles. The van der Waals surface area contributed by atoms with Crippen LogP contribution < -0.4 is 0 Å². The fourth-order valence-electron chi connectivity index (χ4n) is 3.61. The summed E-state index contributed by atoms with van der Waals surface area (Å²) in [4.78, 5) is 0. The van der Waals surface area contributed by atoms with Crippen LogP contribution in [-0.4, -0.2) is 5.11 Å². The molecule has 1 fully saturated rings. The van der Waals surface area contributed by atoms with Gasteiger partial charge in [-0.2, -0.15) is 0 Å². The van der Waals surface area contributed by atoms with Crippen LogP contribution in [0.3, 0.4) is 0 Å². The van der Waals surface area contributed by atoms with E-state index < -0.39 is 17.8 Å². The first-order chi connectivity index (χ1) is 11.5. The van der Waals surface area contributed by atoms with E-state index in [0.29, 0.717) is 11.5 Å². The summed E-state index contributed by atoms with van der Waals surface area (Å²) in [5.74, 6) is -0.911. The fraction of sp³-hybridized carbons (Fsp3) is 0.619. The molecular weight excluding hydrogens is 306 g/mol. The third kappa shape index (κ3) is 5.14. The quantitative estimate of drug-likeness (QED) is 0.547. The van der Waals surface area contributed by atoms with E-state index in [4.69, 9.17) is 0 Å². The van der Waals surface area contributed by atoms with Crippen molar-refractivity contribution in [1.29, 1.82) is 0 Å². The maximum absolute atomic E-state index is 14.5. The molecule has 3 heteroatoms. The van der Waals surface area contributed by atoms with Crippen molar-refractivity contribution in [2.45, 2.75) is 71.3 Å². The number of unbranched alkanes of at least 4 members (excludes halogenated alkanes) is 2. The molecule has 1 aromatic carbocycles. The van der Waals surface area contributed by atoms with Crippen molar-refractivity contribution < 1.29 is 13.9 Å². The summed E-state index contributed by atoms with van der Waals surface area (Å²) in [5, 5.41) is 9.49. The lowest BCUT2D eigenvalue weighted by Crippen LogP contribution is -2.15. The molecule has 1 aliphatic carbocycles. The van der Waals surface area contributed by atoms with Gasteiger partial charge < -0.3 is 5.11 Å². The molecule has 1 aliphatic rings. The summed E-state index contributed by atoms with van der Waals surface area (Å²) >= 11 is 0. The zero-order valence-corrected chi connectivity index (χ0v) is 14.9. The monoisotopic (exact) mass is 336 g/mol. The predicted octanol–water partition coefficient (Wildman–Crippen LogP) is 6.73. The summed E-state index contributed by atoms with van der Waals surface area (Å²) in [5.41, 5.74) is 0.974. The highest BCUT2D eigenvalue weighted by Crippen LogP contribution is 2.39. The lowest BCUT2D eigenvalue weighted by atomic mass is 9.79. The fourth-order valence-corrected chi connectivity index (χ4v) is 3.61. The maximum Gasteiger partial charge on any atom is 0.162 e. The molecule has 0 radical (unpaired) electrons. The molecule has 1 atom stereocenters. The van der Waals surface area contributed by atoms with E-state index in [1.807, 2.05) is 0 Å². The predicted molar refractivity (Wildman–Crippen MR) is 95.8 cm³/mol. The molecule has 0 amide bonds. The SMILES string of the molecule is CCCCCC1CCC(/C(F)=C(\F)c2ccc(C(C)O)cc2)CC1. The number of rotatable bonds is 7. The standard InChI is InChI=1S/C21H30F2O/c1-3-4-5-6-16-7-9-18(10-8-16)20(22)21(23)19-13-11-17(12-14-19)15(2)24/h11-16,18,24H,3-10H2,1-2H3/b21-20+. The molecule has 1 aromatic rings. The Bertz CT molecular complexity index is 525. The van der Waals surface area contributed by atoms with Gasteiger partial charge in [0.25, 0.3) is 0 Å². The maximum atomic E-state index is 14.5. The van der Waals surface area contributed by atoms with Crippen LogP contribution in [0.15, 0.2) is 30.1 Å². The van der Waals surface area contributed by atoms with E-state index >= 15 is 0 Å². The minimum absolute atomic E-state index is 0.266. The Kier molecular flexibility index (Phi) is 7.41. The molecule has 0 bridgehead atoms. The summed E-state index contributed by atoms with van der Waals surface area (Å²) < 4.78 is 28.9. The highest BCUT2D eigenvalue weighted by Gasteiger charge is 2.26. The lowest BCUT2D eigenvalue weighted by molar-refractivity contribution is 0.199. The lowest BCUT2D eigenvalue weighted by Gasteiger charge is -2.27. The molecule has 24 heavy (non-hydrogen) atoms. The van der Waals surface area contributed by atoms with E-state index in [0.717, 1.165) is 25.7 Å². The molecule has 1 nitrogen and oxygen atoms in total. The van der Waals surface area contributed by atoms with Crippen molar-refractivity contribution in [3.63, 3.8) is 0 Å². The summed E-state index contributed by atoms with van der Waals surface area (Å²) in [6.07, 6.45) is 7.91. The molecule has 2 rings (SSSR count). The van der Waals surface area contributed by atoms with Crippen molar-refractivity contribution in [3.8, 4) is 0 Å². The number of allylic oxidation sites excluding steroid dienone is 1. The molecule has 0 spiro atoms. The highest BCUT2D eigenvalue weighted by molar-refractivity contribution is 5.61. The third-order valence-electron chi connectivity index (χ3n) is 5.28. The Balaban J connectivity index is 1.95. The normalized spacial score (nSPS) is 23.7. The first-order valence-corrected chi connectivity index (χ1v) is 9.36. The van der Waals surface area contributed by atoms with Gasteiger partial charge in [-0.15, -0.1) is 0 Å². The number of benzene rings is 1. The van der Waals surface area contributed by atoms with Gasteiger partial charge in [-0.1, -0.05) is 56.9 Å². The van der Waals surface area contributed by atoms with Crippen molar-refractivity contribution in [1.82, 2.24) is 0 Å². The van der Waals surface area contributed by atoms with Crippen LogP contribution in [-0.2, 0) is 0 Å². The van der Waals surface area contributed by atoms with Gasteiger partial charge in [0.2, 0.25) is 0 Å². The van der Waals surface area contributed by atoms with Crippen molar-refractivity contribution >= 4 is 5.83 Å². The van der Waals surface area contributed by atoms with Gasteiger partial charge in [0.15, 0.2) is 5.83 Å². The van der Waals surface area contributed by atoms with Crippen LogP contribution in [0.1, 0.15) is 82.4 Å². The van der Waals surface area contributed by atoms with Gasteiger partial charge in [-0.05, 0) is 44.1 Å². The van der Waals surface area contributed by atoms with Gasteiger partial charge >= 0.3 is 0 Å². The molecule has 0 aromatic heterocycles. The highest BCUT2D eigenvalue weighted by atomic mass is 19.2. The van der Waals surface area contributed by atoms with Gasteiger partial charge in [-0.25, -0.2) is 8.78 Å². The van der Waals surface area contributed by atoms with E-state index in [1.54, 1.807) is 31.2 Å². The minimum atomic E-state index is -0.735. The Morgan fingerprint density at radius 1 is 1.08 bits per heavy atom. The average molecular weight is 336 g/mol. The Morgan fingerprint density at radius 2 is 1.71 bits per heavy atom. The number of aliphatic hydroxyl groups excluding tert-OH is 1. The van der Waals surface area contributed by atoms with E-state index in [-0.39, 0.29) is 11.5 Å². The number of hydrogen-bond donors (Lipinski definition) is 1. The zero-order chi connectivity index (χ0) is 17.5. The first kappa shape index (κ1) is 19.1. The smallest absolute Gasteiger partial charge is 0.162 e. The summed E-state index contributed by atoms with van der Waals surface area (Å²) in [7, 11) is 0. The van der Waals surface area contributed by atoms with Crippen LogP contribution >= 0.6 is 0 Å². The van der Waals surface area contributed by atoms with E-state index in [9.17, 15) is 13.9 Å². The van der Waals surface area contributed by atoms with Crippen LogP contribution in [0.25, 0.3) is 5.83 Å². The molecule has 1 saturated carbocycles. The van der Waals surface area contributed by atoms with Crippen molar-refractivity contribution in [2.75, 3.05) is 0 Å². The summed E-state index contributed by atoms with van der Waals surface area (Å²) in [6, 6.07) is 6.40. The van der Waals surface area contributed by atoms with Gasteiger partial charge in [0, 0.05) is 11.5 Å². The Labute approximate surface area is 144 Å². The van der Waals surface area contributed by atoms with Crippen molar-refractivity contribution in [2.24, 2.45) is 11.8 Å². The Morgan fingerprint density at radius 3 is 2.25 bits per heavy atom. The molecule has 134 valence electrons. The molecule has 0 saturated heterocycles. The van der Waals surface area contributed by atoms with E-state index in [1.165, 1.54) is 25.7 Å². The van der Waals surface area contributed by atoms with Crippen LogP contribution in [0.5, 0.6) is 0 Å². The van der Waals surface area contributed by atoms with Gasteiger partial charge in [-0.3, -0.25) is 0 Å². The first-order valence-electron chi connectivity index (χ1n) is 9.36. The van der Waals surface area contributed by atoms with Crippen molar-refractivity contribution in [3.05, 3.63) is 41.2 Å². The van der Waals surface area contributed by atoms with Crippen LogP contribution in [0.2, 0.25) is 0 Å². The number of aliphatic hydroxyl groups is 1. The second kappa shape index (κ2) is 9.31. The molecular formula is C21H30F2O. The number of hydrogen-bond acceptors (Lipinski definition) is 1. The molecule has 1 unspecified atom stereocenters. The molecule has 1 N–H and O–H groups in total. The second-order valence-corrected chi connectivity index (χ2v) is 7.17. The topological polar surface area (TPSA) is 20.2 Å². The van der Waals surface area contributed by atoms with Crippen LogP contribution in [0.4, 0.5) is 8.78 Å². The largest absolute Gasteiger partial charge is 0.389 e.